The normalized spacial score (nSPS) is 14.6. The van der Waals surface area contributed by atoms with E-state index in [1.807, 2.05) is 0 Å². The van der Waals surface area contributed by atoms with Crippen LogP contribution in [0, 0.1) is 5.92 Å². The van der Waals surface area contributed by atoms with Crippen molar-refractivity contribution in [2.45, 2.75) is 38.3 Å². The highest BCUT2D eigenvalue weighted by Gasteiger charge is 2.59. The Morgan fingerprint density at radius 3 is 1.95 bits per heavy atom. The molecule has 0 aliphatic rings. The number of hydrogen-bond donors (Lipinski definition) is 1. The standard InChI is InChI=1S/C13H15F6NO/c1-7(2)21-9-5-3-4-8(6-9)10(20)11(12(14,15)16)13(17,18)19/h3-7,10-11H,20H2,1-2H3. The third-order valence-corrected chi connectivity index (χ3v) is 2.68. The third kappa shape index (κ3) is 4.80. The van der Waals surface area contributed by atoms with Gasteiger partial charge in [0.25, 0.3) is 0 Å². The largest absolute Gasteiger partial charge is 0.491 e. The monoisotopic (exact) mass is 315 g/mol. The first-order valence-corrected chi connectivity index (χ1v) is 6.08. The van der Waals surface area contributed by atoms with Crippen LogP contribution < -0.4 is 10.5 Å². The zero-order valence-electron chi connectivity index (χ0n) is 11.3. The fraction of sp³-hybridized carbons (Fsp3) is 0.538. The maximum atomic E-state index is 12.6. The van der Waals surface area contributed by atoms with Crippen molar-refractivity contribution >= 4 is 0 Å². The van der Waals surface area contributed by atoms with Gasteiger partial charge in [0.05, 0.1) is 12.1 Å². The SMILES string of the molecule is CC(C)Oc1cccc(C(N)C(C(F)(F)F)C(F)(F)F)c1. The summed E-state index contributed by atoms with van der Waals surface area (Å²) in [5, 5.41) is 0. The summed E-state index contributed by atoms with van der Waals surface area (Å²) < 4.78 is 81.0. The van der Waals surface area contributed by atoms with Gasteiger partial charge in [0, 0.05) is 0 Å². The van der Waals surface area contributed by atoms with Crippen molar-refractivity contribution in [1.82, 2.24) is 0 Å². The van der Waals surface area contributed by atoms with E-state index < -0.39 is 24.3 Å². The Morgan fingerprint density at radius 1 is 1.00 bits per heavy atom. The molecule has 1 unspecified atom stereocenters. The molecule has 0 fully saturated rings. The van der Waals surface area contributed by atoms with Gasteiger partial charge >= 0.3 is 12.4 Å². The van der Waals surface area contributed by atoms with Crippen LogP contribution in [0.5, 0.6) is 5.75 Å². The van der Waals surface area contributed by atoms with E-state index in [-0.39, 0.29) is 17.4 Å². The number of halogens is 6. The van der Waals surface area contributed by atoms with Gasteiger partial charge in [0.1, 0.15) is 5.75 Å². The number of nitrogens with two attached hydrogens (primary N) is 1. The third-order valence-electron chi connectivity index (χ3n) is 2.68. The fourth-order valence-corrected chi connectivity index (χ4v) is 1.85. The number of alkyl halides is 6. The Balaban J connectivity index is 3.13. The van der Waals surface area contributed by atoms with Crippen LogP contribution in [0.15, 0.2) is 24.3 Å². The molecule has 0 saturated heterocycles. The zero-order chi connectivity index (χ0) is 16.4. The van der Waals surface area contributed by atoms with Crippen LogP contribution in [0.2, 0.25) is 0 Å². The summed E-state index contributed by atoms with van der Waals surface area (Å²) in [4.78, 5) is 0. The molecule has 0 radical (unpaired) electrons. The molecule has 2 N–H and O–H groups in total. The second kappa shape index (κ2) is 6.13. The summed E-state index contributed by atoms with van der Waals surface area (Å²) in [6.45, 7) is 3.36. The molecule has 120 valence electrons. The highest BCUT2D eigenvalue weighted by molar-refractivity contribution is 5.31. The van der Waals surface area contributed by atoms with Crippen molar-refractivity contribution in [1.29, 1.82) is 0 Å². The lowest BCUT2D eigenvalue weighted by Gasteiger charge is -2.28. The average molecular weight is 315 g/mol. The lowest BCUT2D eigenvalue weighted by atomic mass is 9.92. The van der Waals surface area contributed by atoms with Crippen molar-refractivity contribution in [3.8, 4) is 5.75 Å². The molecule has 1 aromatic carbocycles. The Hall–Kier alpha value is -1.44. The first-order chi connectivity index (χ1) is 9.43. The number of benzene rings is 1. The van der Waals surface area contributed by atoms with Gasteiger partial charge < -0.3 is 10.5 Å². The molecule has 1 rings (SSSR count). The summed E-state index contributed by atoms with van der Waals surface area (Å²) >= 11 is 0. The Morgan fingerprint density at radius 2 is 1.52 bits per heavy atom. The van der Waals surface area contributed by atoms with E-state index in [1.54, 1.807) is 13.8 Å². The molecule has 2 nitrogen and oxygen atoms in total. The molecular formula is C13H15F6NO. The van der Waals surface area contributed by atoms with Crippen LogP contribution >= 0.6 is 0 Å². The Labute approximate surface area is 117 Å². The smallest absolute Gasteiger partial charge is 0.402 e. The van der Waals surface area contributed by atoms with Crippen molar-refractivity contribution in [3.05, 3.63) is 29.8 Å². The summed E-state index contributed by atoms with van der Waals surface area (Å²) in [7, 11) is 0. The summed E-state index contributed by atoms with van der Waals surface area (Å²) in [5.74, 6) is -3.46. The number of rotatable bonds is 4. The molecule has 0 aliphatic heterocycles. The van der Waals surface area contributed by atoms with Gasteiger partial charge in [-0.15, -0.1) is 0 Å². The van der Waals surface area contributed by atoms with Gasteiger partial charge in [-0.05, 0) is 31.5 Å². The van der Waals surface area contributed by atoms with Crippen LogP contribution in [0.3, 0.4) is 0 Å². The molecule has 0 aliphatic carbocycles. The molecule has 0 bridgehead atoms. The lowest BCUT2D eigenvalue weighted by Crippen LogP contribution is -2.43. The second-order valence-corrected chi connectivity index (χ2v) is 4.83. The lowest BCUT2D eigenvalue weighted by molar-refractivity contribution is -0.290. The summed E-state index contributed by atoms with van der Waals surface area (Å²) in [6, 6.07) is 2.70. The minimum atomic E-state index is -5.48. The topological polar surface area (TPSA) is 35.2 Å². The molecule has 0 heterocycles. The maximum absolute atomic E-state index is 12.6. The van der Waals surface area contributed by atoms with Gasteiger partial charge in [-0.2, -0.15) is 26.3 Å². The van der Waals surface area contributed by atoms with Crippen molar-refractivity contribution in [2.75, 3.05) is 0 Å². The van der Waals surface area contributed by atoms with Crippen LogP contribution in [0.1, 0.15) is 25.5 Å². The fourth-order valence-electron chi connectivity index (χ4n) is 1.85. The van der Waals surface area contributed by atoms with Gasteiger partial charge in [0.2, 0.25) is 0 Å². The molecular weight excluding hydrogens is 300 g/mol. The molecule has 0 aromatic heterocycles. The van der Waals surface area contributed by atoms with Gasteiger partial charge in [-0.1, -0.05) is 12.1 Å². The zero-order valence-corrected chi connectivity index (χ0v) is 11.3. The van der Waals surface area contributed by atoms with E-state index in [4.69, 9.17) is 10.5 Å². The highest BCUT2D eigenvalue weighted by Crippen LogP contribution is 2.45. The first kappa shape index (κ1) is 17.6. The molecule has 8 heteroatoms. The van der Waals surface area contributed by atoms with E-state index in [0.29, 0.717) is 0 Å². The molecule has 1 atom stereocenters. The maximum Gasteiger partial charge on any atom is 0.402 e. The van der Waals surface area contributed by atoms with Crippen molar-refractivity contribution < 1.29 is 31.1 Å². The minimum Gasteiger partial charge on any atom is -0.491 e. The predicted molar refractivity (Wildman–Crippen MR) is 64.7 cm³/mol. The van der Waals surface area contributed by atoms with Crippen molar-refractivity contribution in [2.24, 2.45) is 11.7 Å². The van der Waals surface area contributed by atoms with E-state index in [2.05, 4.69) is 0 Å². The Kier molecular flexibility index (Phi) is 5.14. The molecule has 21 heavy (non-hydrogen) atoms. The van der Waals surface area contributed by atoms with Gasteiger partial charge in [-0.25, -0.2) is 0 Å². The summed E-state index contributed by atoms with van der Waals surface area (Å²) in [6.07, 6.45) is -11.2. The van der Waals surface area contributed by atoms with Crippen LogP contribution in [0.4, 0.5) is 26.3 Å². The highest BCUT2D eigenvalue weighted by atomic mass is 19.4. The van der Waals surface area contributed by atoms with E-state index in [1.165, 1.54) is 12.1 Å². The number of hydrogen-bond acceptors (Lipinski definition) is 2. The van der Waals surface area contributed by atoms with Gasteiger partial charge in [-0.3, -0.25) is 0 Å². The summed E-state index contributed by atoms with van der Waals surface area (Å²) in [5.41, 5.74) is 4.93. The minimum absolute atomic E-state index is 0.168. The first-order valence-electron chi connectivity index (χ1n) is 6.08. The molecule has 0 amide bonds. The quantitative estimate of drug-likeness (QED) is 0.845. The van der Waals surface area contributed by atoms with Crippen LogP contribution in [0.25, 0.3) is 0 Å². The second-order valence-electron chi connectivity index (χ2n) is 4.83. The van der Waals surface area contributed by atoms with E-state index >= 15 is 0 Å². The average Bonchev–Trinajstić information content (AvgIpc) is 2.24. The van der Waals surface area contributed by atoms with E-state index in [0.717, 1.165) is 12.1 Å². The van der Waals surface area contributed by atoms with E-state index in [9.17, 15) is 26.3 Å². The molecule has 1 aromatic rings. The Bertz CT molecular complexity index is 454. The predicted octanol–water partition coefficient (Wildman–Crippen LogP) is 4.21. The van der Waals surface area contributed by atoms with Crippen LogP contribution in [-0.2, 0) is 0 Å². The van der Waals surface area contributed by atoms with Crippen LogP contribution in [-0.4, -0.2) is 18.5 Å². The number of ether oxygens (including phenoxy) is 1. The van der Waals surface area contributed by atoms with Gasteiger partial charge in [0.15, 0.2) is 5.92 Å². The molecule has 0 spiro atoms. The van der Waals surface area contributed by atoms with Crippen molar-refractivity contribution in [3.63, 3.8) is 0 Å². The molecule has 0 saturated carbocycles.